The molecule has 0 fully saturated rings. The molecule has 1 aromatic heterocycles. The van der Waals surface area contributed by atoms with Crippen LogP contribution in [0.15, 0.2) is 39.6 Å². The lowest BCUT2D eigenvalue weighted by atomic mass is 10.1. The molecule has 0 radical (unpaired) electrons. The summed E-state index contributed by atoms with van der Waals surface area (Å²) < 4.78 is 23.2. The molecule has 0 aliphatic rings. The predicted octanol–water partition coefficient (Wildman–Crippen LogP) is 7.83. The monoisotopic (exact) mass is 458 g/mol. The number of hydrogen-bond acceptors (Lipinski definition) is 5. The lowest BCUT2D eigenvalue weighted by Crippen LogP contribution is -2.15. The Labute approximate surface area is 199 Å². The first-order valence-corrected chi connectivity index (χ1v) is 12.7. The van der Waals surface area contributed by atoms with Gasteiger partial charge in [-0.25, -0.2) is 4.79 Å². The molecule has 0 saturated heterocycles. The lowest BCUT2D eigenvalue weighted by Gasteiger charge is -2.15. The summed E-state index contributed by atoms with van der Waals surface area (Å²) in [5, 5.41) is 0.712. The Morgan fingerprint density at radius 1 is 0.879 bits per heavy atom. The van der Waals surface area contributed by atoms with Gasteiger partial charge in [-0.15, -0.1) is 0 Å². The first kappa shape index (κ1) is 26.8. The molecule has 5 heteroatoms. The van der Waals surface area contributed by atoms with Crippen molar-refractivity contribution in [2.75, 3.05) is 13.2 Å². The average molecular weight is 459 g/mol. The van der Waals surface area contributed by atoms with Gasteiger partial charge in [0.15, 0.2) is 5.75 Å². The summed E-state index contributed by atoms with van der Waals surface area (Å²) >= 11 is 0. The summed E-state index contributed by atoms with van der Waals surface area (Å²) in [6.45, 7) is 9.20. The highest BCUT2D eigenvalue weighted by Gasteiger charge is 2.19. The van der Waals surface area contributed by atoms with Crippen molar-refractivity contribution in [2.45, 2.75) is 98.0 Å². The fourth-order valence-electron chi connectivity index (χ4n) is 3.65. The second-order valence-electron chi connectivity index (χ2n) is 8.71. The number of rotatable bonds is 17. The Balaban J connectivity index is 2.02. The van der Waals surface area contributed by atoms with Crippen LogP contribution in [-0.4, -0.2) is 19.3 Å². The average Bonchev–Trinajstić information content (AvgIpc) is 2.79. The summed E-state index contributed by atoms with van der Waals surface area (Å²) in [5.41, 5.74) is -0.0841. The second kappa shape index (κ2) is 15.4. The molecule has 0 saturated carbocycles. The van der Waals surface area contributed by atoms with Gasteiger partial charge in [-0.3, -0.25) is 0 Å². The minimum Gasteiger partial charge on any atom is -0.493 e. The van der Waals surface area contributed by atoms with Gasteiger partial charge in [0.1, 0.15) is 11.3 Å². The van der Waals surface area contributed by atoms with E-state index in [-0.39, 0.29) is 11.9 Å². The van der Waals surface area contributed by atoms with Crippen molar-refractivity contribution in [1.82, 2.24) is 0 Å². The number of unbranched alkanes of at least 4 members (excludes halogenated alkanes) is 7. The summed E-state index contributed by atoms with van der Waals surface area (Å²) in [7, 11) is 0. The molecule has 33 heavy (non-hydrogen) atoms. The van der Waals surface area contributed by atoms with Crippen LogP contribution in [0, 0.1) is 0 Å². The summed E-state index contributed by atoms with van der Waals surface area (Å²) in [5.74, 6) is 1.27. The molecule has 1 heterocycles. The van der Waals surface area contributed by atoms with E-state index in [2.05, 4.69) is 26.0 Å². The molecule has 0 unspecified atom stereocenters. The highest BCUT2D eigenvalue weighted by molar-refractivity contribution is 5.86. The molecule has 0 atom stereocenters. The molecule has 0 N–H and O–H groups in total. The van der Waals surface area contributed by atoms with Crippen molar-refractivity contribution >= 4 is 11.0 Å². The molecule has 5 nitrogen and oxygen atoms in total. The molecule has 0 aliphatic heterocycles. The van der Waals surface area contributed by atoms with E-state index in [1.807, 2.05) is 26.0 Å². The Bertz CT molecular complexity index is 897. The molecular weight excluding hydrogens is 416 g/mol. The van der Waals surface area contributed by atoms with E-state index in [1.165, 1.54) is 44.9 Å². The standard InChI is InChI=1S/C28H42O5/c1-5-7-9-11-12-13-14-16-19-30-23-17-18-24-25(21-23)33-28(29)27(32-22(3)4)26(24)31-20-15-10-8-6-2/h8,10,17-18,21-22H,5-7,9,11-16,19-20H2,1-4H3. The zero-order chi connectivity index (χ0) is 23.9. The molecule has 0 aliphatic carbocycles. The van der Waals surface area contributed by atoms with Gasteiger partial charge in [0.05, 0.1) is 24.7 Å². The van der Waals surface area contributed by atoms with E-state index in [9.17, 15) is 4.79 Å². The second-order valence-corrected chi connectivity index (χ2v) is 8.71. The smallest absolute Gasteiger partial charge is 0.383 e. The van der Waals surface area contributed by atoms with Gasteiger partial charge in [-0.2, -0.15) is 0 Å². The van der Waals surface area contributed by atoms with Gasteiger partial charge < -0.3 is 18.6 Å². The summed E-state index contributed by atoms with van der Waals surface area (Å²) in [6.07, 6.45) is 15.8. The van der Waals surface area contributed by atoms with Crippen molar-refractivity contribution in [1.29, 1.82) is 0 Å². The molecular formula is C28H42O5. The maximum absolute atomic E-state index is 12.6. The zero-order valence-corrected chi connectivity index (χ0v) is 21.0. The first-order chi connectivity index (χ1) is 16.1. The topological polar surface area (TPSA) is 57.9 Å². The normalized spacial score (nSPS) is 11.5. The first-order valence-electron chi connectivity index (χ1n) is 12.7. The van der Waals surface area contributed by atoms with E-state index >= 15 is 0 Å². The molecule has 2 rings (SSSR count). The molecule has 184 valence electrons. The lowest BCUT2D eigenvalue weighted by molar-refractivity contribution is 0.212. The van der Waals surface area contributed by atoms with E-state index < -0.39 is 5.63 Å². The zero-order valence-electron chi connectivity index (χ0n) is 21.0. The van der Waals surface area contributed by atoms with Crippen LogP contribution in [0.5, 0.6) is 17.2 Å². The van der Waals surface area contributed by atoms with E-state index in [1.54, 1.807) is 6.07 Å². The molecule has 2 aromatic rings. The SMILES string of the molecule is CCC=CCCOc1c(OC(C)C)c(=O)oc2cc(OCCCCCCCCCC)ccc12. The minimum absolute atomic E-state index is 0.129. The minimum atomic E-state index is -0.532. The van der Waals surface area contributed by atoms with Gasteiger partial charge in [0, 0.05) is 6.07 Å². The van der Waals surface area contributed by atoms with Crippen LogP contribution in [0.25, 0.3) is 11.0 Å². The highest BCUT2D eigenvalue weighted by atomic mass is 16.5. The van der Waals surface area contributed by atoms with Crippen molar-refractivity contribution in [3.05, 3.63) is 40.8 Å². The fourth-order valence-corrected chi connectivity index (χ4v) is 3.65. The molecule has 1 aromatic carbocycles. The maximum atomic E-state index is 12.6. The largest absolute Gasteiger partial charge is 0.493 e. The number of benzene rings is 1. The number of ether oxygens (including phenoxy) is 3. The van der Waals surface area contributed by atoms with Crippen molar-refractivity contribution in [3.8, 4) is 17.2 Å². The quantitative estimate of drug-likeness (QED) is 0.137. The van der Waals surface area contributed by atoms with Crippen LogP contribution in [-0.2, 0) is 0 Å². The Morgan fingerprint density at radius 3 is 2.30 bits per heavy atom. The Kier molecular flexibility index (Phi) is 12.5. The summed E-state index contributed by atoms with van der Waals surface area (Å²) in [6, 6.07) is 5.55. The van der Waals surface area contributed by atoms with E-state index in [0.717, 1.165) is 19.3 Å². The Hall–Kier alpha value is -2.43. The third kappa shape index (κ3) is 9.53. The molecule has 0 bridgehead atoms. The molecule has 0 amide bonds. The van der Waals surface area contributed by atoms with Gasteiger partial charge >= 0.3 is 5.63 Å². The molecule has 0 spiro atoms. The van der Waals surface area contributed by atoms with Gasteiger partial charge in [0.25, 0.3) is 0 Å². The predicted molar refractivity (Wildman–Crippen MR) is 136 cm³/mol. The summed E-state index contributed by atoms with van der Waals surface area (Å²) in [4.78, 5) is 12.6. The van der Waals surface area contributed by atoms with Crippen LogP contribution >= 0.6 is 0 Å². The third-order valence-electron chi connectivity index (χ3n) is 5.35. The Morgan fingerprint density at radius 2 is 1.61 bits per heavy atom. The van der Waals surface area contributed by atoms with Crippen LogP contribution in [0.1, 0.15) is 91.9 Å². The number of hydrogen-bond donors (Lipinski definition) is 0. The van der Waals surface area contributed by atoms with Gasteiger partial charge in [0.2, 0.25) is 5.75 Å². The van der Waals surface area contributed by atoms with Gasteiger partial charge in [-0.05, 0) is 45.2 Å². The van der Waals surface area contributed by atoms with Gasteiger partial charge in [-0.1, -0.05) is 70.9 Å². The van der Waals surface area contributed by atoms with Crippen LogP contribution in [0.3, 0.4) is 0 Å². The van der Waals surface area contributed by atoms with E-state index in [0.29, 0.717) is 35.7 Å². The number of allylic oxidation sites excluding steroid dienone is 1. The highest BCUT2D eigenvalue weighted by Crippen LogP contribution is 2.35. The van der Waals surface area contributed by atoms with Crippen LogP contribution in [0.4, 0.5) is 0 Å². The van der Waals surface area contributed by atoms with Crippen molar-refractivity contribution in [3.63, 3.8) is 0 Å². The van der Waals surface area contributed by atoms with Crippen LogP contribution in [0.2, 0.25) is 0 Å². The third-order valence-corrected chi connectivity index (χ3v) is 5.35. The van der Waals surface area contributed by atoms with Crippen molar-refractivity contribution in [2.24, 2.45) is 0 Å². The van der Waals surface area contributed by atoms with Crippen molar-refractivity contribution < 1.29 is 18.6 Å². The van der Waals surface area contributed by atoms with Crippen LogP contribution < -0.4 is 19.8 Å². The maximum Gasteiger partial charge on any atom is 0.383 e. The number of fused-ring (bicyclic) bond motifs is 1. The van der Waals surface area contributed by atoms with E-state index in [4.69, 9.17) is 18.6 Å². The fraction of sp³-hybridized carbons (Fsp3) is 0.607.